The molecule has 0 aliphatic carbocycles. The summed E-state index contributed by atoms with van der Waals surface area (Å²) in [6.07, 6.45) is 2.70. The molecule has 1 fully saturated rings. The van der Waals surface area contributed by atoms with Gasteiger partial charge in [0.15, 0.2) is 0 Å². The Morgan fingerprint density at radius 3 is 2.60 bits per heavy atom. The molecule has 8 heteroatoms. The molecule has 1 unspecified atom stereocenters. The number of fused-ring (bicyclic) bond motifs is 1. The average Bonchev–Trinajstić information content (AvgIpc) is 2.64. The lowest BCUT2D eigenvalue weighted by Gasteiger charge is -2.27. The number of nitrogens with zero attached hydrogens (tertiary/aromatic N) is 2. The van der Waals surface area contributed by atoms with Crippen LogP contribution in [0, 0.1) is 0 Å². The van der Waals surface area contributed by atoms with Gasteiger partial charge in [0.2, 0.25) is 11.8 Å². The van der Waals surface area contributed by atoms with Crippen molar-refractivity contribution in [2.75, 3.05) is 0 Å². The molecule has 3 heterocycles. The summed E-state index contributed by atoms with van der Waals surface area (Å²) >= 11 is 5.88. The number of halogens is 1. The van der Waals surface area contributed by atoms with Gasteiger partial charge in [-0.1, -0.05) is 11.6 Å². The molecule has 1 N–H and O–H groups in total. The number of carbonyl (C=O) groups is 4. The molecule has 2 aliphatic rings. The van der Waals surface area contributed by atoms with Gasteiger partial charge in [-0.05, 0) is 6.42 Å². The molecule has 1 atom stereocenters. The fourth-order valence-corrected chi connectivity index (χ4v) is 2.61. The molecule has 1 aromatic rings. The van der Waals surface area contributed by atoms with Crippen LogP contribution in [0.4, 0.5) is 0 Å². The number of nitrogens with one attached hydrogen (secondary N) is 1. The highest BCUT2D eigenvalue weighted by atomic mass is 35.5. The van der Waals surface area contributed by atoms with Crippen molar-refractivity contribution in [1.29, 1.82) is 0 Å². The van der Waals surface area contributed by atoms with Gasteiger partial charge in [0.1, 0.15) is 6.04 Å². The van der Waals surface area contributed by atoms with E-state index in [1.54, 1.807) is 0 Å². The molecule has 0 aromatic carbocycles. The SMILES string of the molecule is O=C1CCC(N2C(=O)c3cncc(Cl)c3C2=O)C(=O)N1. The second-order valence-corrected chi connectivity index (χ2v) is 4.90. The second-order valence-electron chi connectivity index (χ2n) is 4.49. The summed E-state index contributed by atoms with van der Waals surface area (Å²) in [7, 11) is 0. The number of imide groups is 2. The van der Waals surface area contributed by atoms with E-state index < -0.39 is 29.7 Å². The smallest absolute Gasteiger partial charge is 0.263 e. The first-order chi connectivity index (χ1) is 9.50. The average molecular weight is 294 g/mol. The lowest BCUT2D eigenvalue weighted by atomic mass is 10.0. The van der Waals surface area contributed by atoms with Gasteiger partial charge in [0.25, 0.3) is 11.8 Å². The van der Waals surface area contributed by atoms with Crippen LogP contribution in [0.15, 0.2) is 12.4 Å². The van der Waals surface area contributed by atoms with Gasteiger partial charge in [-0.25, -0.2) is 0 Å². The summed E-state index contributed by atoms with van der Waals surface area (Å²) in [6, 6.07) is -0.990. The molecule has 0 radical (unpaired) electrons. The van der Waals surface area contributed by atoms with Gasteiger partial charge in [0, 0.05) is 18.8 Å². The van der Waals surface area contributed by atoms with Gasteiger partial charge in [-0.15, -0.1) is 0 Å². The van der Waals surface area contributed by atoms with Crippen molar-refractivity contribution in [1.82, 2.24) is 15.2 Å². The Balaban J connectivity index is 2.00. The predicted octanol–water partition coefficient (Wildman–Crippen LogP) is 0.136. The molecule has 0 spiro atoms. The van der Waals surface area contributed by atoms with Gasteiger partial charge in [-0.3, -0.25) is 34.4 Å². The van der Waals surface area contributed by atoms with Crippen molar-refractivity contribution in [2.45, 2.75) is 18.9 Å². The van der Waals surface area contributed by atoms with Gasteiger partial charge < -0.3 is 0 Å². The topological polar surface area (TPSA) is 96.4 Å². The first-order valence-electron chi connectivity index (χ1n) is 5.86. The molecule has 102 valence electrons. The van der Waals surface area contributed by atoms with E-state index in [2.05, 4.69) is 10.3 Å². The van der Waals surface area contributed by atoms with Crippen molar-refractivity contribution in [3.63, 3.8) is 0 Å². The fraction of sp³-hybridized carbons (Fsp3) is 0.250. The Hall–Kier alpha value is -2.28. The van der Waals surface area contributed by atoms with E-state index in [1.807, 2.05) is 0 Å². The van der Waals surface area contributed by atoms with Crippen LogP contribution in [-0.2, 0) is 9.59 Å². The molecule has 0 bridgehead atoms. The van der Waals surface area contributed by atoms with Crippen molar-refractivity contribution >= 4 is 35.2 Å². The van der Waals surface area contributed by atoms with Gasteiger partial charge in [-0.2, -0.15) is 0 Å². The minimum atomic E-state index is -0.990. The Bertz CT molecular complexity index is 673. The van der Waals surface area contributed by atoms with Gasteiger partial charge >= 0.3 is 0 Å². The van der Waals surface area contributed by atoms with Crippen LogP contribution in [-0.4, -0.2) is 39.6 Å². The number of rotatable bonds is 1. The molecule has 20 heavy (non-hydrogen) atoms. The van der Waals surface area contributed by atoms with Crippen LogP contribution in [0.3, 0.4) is 0 Å². The van der Waals surface area contributed by atoms with E-state index in [0.29, 0.717) is 0 Å². The fourth-order valence-electron chi connectivity index (χ4n) is 2.37. The highest BCUT2D eigenvalue weighted by Gasteiger charge is 2.45. The Morgan fingerprint density at radius 2 is 1.95 bits per heavy atom. The van der Waals surface area contributed by atoms with Crippen LogP contribution in [0.2, 0.25) is 5.02 Å². The number of pyridine rings is 1. The minimum absolute atomic E-state index is 0.0522. The number of carbonyl (C=O) groups excluding carboxylic acids is 4. The molecule has 2 aliphatic heterocycles. The summed E-state index contributed by atoms with van der Waals surface area (Å²) in [4.78, 5) is 52.0. The zero-order valence-electron chi connectivity index (χ0n) is 10.1. The molecule has 3 rings (SSSR count). The number of piperidine rings is 1. The molecule has 1 saturated heterocycles. The Labute approximate surface area is 117 Å². The third-order valence-corrected chi connectivity index (χ3v) is 3.59. The summed E-state index contributed by atoms with van der Waals surface area (Å²) in [6.45, 7) is 0. The first kappa shape index (κ1) is 12.7. The first-order valence-corrected chi connectivity index (χ1v) is 6.23. The predicted molar refractivity (Wildman–Crippen MR) is 65.9 cm³/mol. The van der Waals surface area contributed by atoms with Crippen LogP contribution < -0.4 is 5.32 Å². The molecule has 1 aromatic heterocycles. The zero-order valence-corrected chi connectivity index (χ0v) is 10.8. The van der Waals surface area contributed by atoms with E-state index in [1.165, 1.54) is 12.4 Å². The highest BCUT2D eigenvalue weighted by molar-refractivity contribution is 6.37. The maximum atomic E-state index is 12.3. The lowest BCUT2D eigenvalue weighted by molar-refractivity contribution is -0.136. The number of amides is 4. The Morgan fingerprint density at radius 1 is 1.20 bits per heavy atom. The van der Waals surface area contributed by atoms with Crippen LogP contribution >= 0.6 is 11.6 Å². The number of hydrogen-bond acceptors (Lipinski definition) is 5. The number of hydrogen-bond donors (Lipinski definition) is 1. The molecule has 4 amide bonds. The molecular formula is C12H8ClN3O4. The van der Waals surface area contributed by atoms with Crippen LogP contribution in [0.5, 0.6) is 0 Å². The van der Waals surface area contributed by atoms with Gasteiger partial charge in [0.05, 0.1) is 16.1 Å². The summed E-state index contributed by atoms with van der Waals surface area (Å²) in [5.74, 6) is -2.32. The maximum Gasteiger partial charge on any atom is 0.263 e. The zero-order chi connectivity index (χ0) is 14.4. The minimum Gasteiger partial charge on any atom is -0.295 e. The standard InChI is InChI=1S/C12H8ClN3O4/c13-6-4-14-3-5-9(6)12(20)16(11(5)19)7-1-2-8(17)15-10(7)18/h3-4,7H,1-2H2,(H,15,17,18). The Kier molecular flexibility index (Phi) is 2.79. The van der Waals surface area contributed by atoms with Crippen molar-refractivity contribution in [3.05, 3.63) is 28.5 Å². The summed E-state index contributed by atoms with van der Waals surface area (Å²) in [5.41, 5.74) is 0.128. The van der Waals surface area contributed by atoms with Crippen LogP contribution in [0.1, 0.15) is 33.6 Å². The summed E-state index contributed by atoms with van der Waals surface area (Å²) < 4.78 is 0. The molecule has 7 nitrogen and oxygen atoms in total. The lowest BCUT2D eigenvalue weighted by Crippen LogP contribution is -2.54. The normalized spacial score (nSPS) is 22.1. The molecular weight excluding hydrogens is 286 g/mol. The highest BCUT2D eigenvalue weighted by Crippen LogP contribution is 2.31. The van der Waals surface area contributed by atoms with E-state index in [-0.39, 0.29) is 29.0 Å². The monoisotopic (exact) mass is 293 g/mol. The largest absolute Gasteiger partial charge is 0.295 e. The third kappa shape index (κ3) is 1.70. The van der Waals surface area contributed by atoms with E-state index in [0.717, 1.165) is 4.90 Å². The number of aromatic nitrogens is 1. The van der Waals surface area contributed by atoms with E-state index >= 15 is 0 Å². The van der Waals surface area contributed by atoms with Crippen LogP contribution in [0.25, 0.3) is 0 Å². The van der Waals surface area contributed by atoms with Crippen molar-refractivity contribution in [3.8, 4) is 0 Å². The van der Waals surface area contributed by atoms with Crippen molar-refractivity contribution < 1.29 is 19.2 Å². The summed E-state index contributed by atoms with van der Waals surface area (Å²) in [5, 5.41) is 2.18. The maximum absolute atomic E-state index is 12.3. The van der Waals surface area contributed by atoms with E-state index in [4.69, 9.17) is 11.6 Å². The van der Waals surface area contributed by atoms with E-state index in [9.17, 15) is 19.2 Å². The second kappa shape index (κ2) is 4.38. The third-order valence-electron chi connectivity index (χ3n) is 3.30. The quantitative estimate of drug-likeness (QED) is 0.743. The van der Waals surface area contributed by atoms with Crippen molar-refractivity contribution in [2.24, 2.45) is 0 Å². The molecule has 0 saturated carbocycles.